The monoisotopic (exact) mass is 243 g/mol. The van der Waals surface area contributed by atoms with Crippen LogP contribution in [0.3, 0.4) is 0 Å². The minimum atomic E-state index is 0.637. The summed E-state index contributed by atoms with van der Waals surface area (Å²) in [5, 5.41) is 3.68. The number of rotatable bonds is 7. The molecule has 1 nitrogen and oxygen atoms in total. The third-order valence-electron chi connectivity index (χ3n) is 3.86. The van der Waals surface area contributed by atoms with Gasteiger partial charge in [0.15, 0.2) is 0 Å². The lowest BCUT2D eigenvalue weighted by molar-refractivity contribution is 0.162. The third kappa shape index (κ3) is 5.09. The van der Waals surface area contributed by atoms with Crippen LogP contribution in [0.4, 0.5) is 0 Å². The van der Waals surface area contributed by atoms with Crippen LogP contribution in [0.2, 0.25) is 0 Å². The molecule has 1 fully saturated rings. The van der Waals surface area contributed by atoms with Crippen LogP contribution >= 0.6 is 11.8 Å². The second kappa shape index (κ2) is 7.60. The van der Waals surface area contributed by atoms with Gasteiger partial charge in [-0.1, -0.05) is 33.1 Å². The van der Waals surface area contributed by atoms with Crippen molar-refractivity contribution in [1.29, 1.82) is 0 Å². The van der Waals surface area contributed by atoms with Crippen LogP contribution in [0.5, 0.6) is 0 Å². The van der Waals surface area contributed by atoms with Gasteiger partial charge in [0.25, 0.3) is 0 Å². The van der Waals surface area contributed by atoms with Gasteiger partial charge < -0.3 is 5.32 Å². The summed E-state index contributed by atoms with van der Waals surface area (Å²) in [6.45, 7) is 5.77. The molecule has 1 saturated carbocycles. The van der Waals surface area contributed by atoms with Crippen molar-refractivity contribution < 1.29 is 0 Å². The van der Waals surface area contributed by atoms with E-state index in [0.29, 0.717) is 11.5 Å². The van der Waals surface area contributed by atoms with Crippen LogP contribution in [-0.2, 0) is 0 Å². The lowest BCUT2D eigenvalue weighted by Gasteiger charge is -2.38. The fourth-order valence-corrected chi connectivity index (χ4v) is 3.26. The highest BCUT2D eigenvalue weighted by atomic mass is 32.2. The highest BCUT2D eigenvalue weighted by molar-refractivity contribution is 7.98. The summed E-state index contributed by atoms with van der Waals surface area (Å²) in [6, 6.07) is 0.638. The fraction of sp³-hybridized carbons (Fsp3) is 1.00. The van der Waals surface area contributed by atoms with Gasteiger partial charge in [-0.25, -0.2) is 0 Å². The Hall–Kier alpha value is 0.310. The SMILES string of the molecule is CSCCCC1(CNC(C)C)CCCCC1. The maximum atomic E-state index is 3.68. The average Bonchev–Trinajstić information content (AvgIpc) is 2.28. The Bertz CT molecular complexity index is 174. The highest BCUT2D eigenvalue weighted by Crippen LogP contribution is 2.40. The Balaban J connectivity index is 2.39. The van der Waals surface area contributed by atoms with Gasteiger partial charge >= 0.3 is 0 Å². The van der Waals surface area contributed by atoms with Crippen molar-refractivity contribution in [3.63, 3.8) is 0 Å². The molecule has 0 radical (unpaired) electrons. The molecule has 0 unspecified atom stereocenters. The van der Waals surface area contributed by atoms with E-state index in [2.05, 4.69) is 25.4 Å². The lowest BCUT2D eigenvalue weighted by Crippen LogP contribution is -2.39. The predicted molar refractivity (Wildman–Crippen MR) is 76.3 cm³/mol. The van der Waals surface area contributed by atoms with Crippen molar-refractivity contribution in [3.8, 4) is 0 Å². The number of hydrogen-bond acceptors (Lipinski definition) is 2. The van der Waals surface area contributed by atoms with Gasteiger partial charge in [-0.15, -0.1) is 0 Å². The molecule has 0 aromatic carbocycles. The number of nitrogens with one attached hydrogen (secondary N) is 1. The lowest BCUT2D eigenvalue weighted by atomic mass is 9.71. The van der Waals surface area contributed by atoms with Crippen LogP contribution < -0.4 is 5.32 Å². The minimum absolute atomic E-state index is 0.637. The molecular formula is C14H29NS. The van der Waals surface area contributed by atoms with Crippen LogP contribution in [0, 0.1) is 5.41 Å². The molecule has 0 heterocycles. The minimum Gasteiger partial charge on any atom is -0.314 e. The standard InChI is InChI=1S/C14H29NS/c1-13(2)15-12-14(10-7-11-16-3)8-5-4-6-9-14/h13,15H,4-12H2,1-3H3. The van der Waals surface area contributed by atoms with Crippen LogP contribution in [0.15, 0.2) is 0 Å². The Morgan fingerprint density at radius 1 is 1.19 bits per heavy atom. The predicted octanol–water partition coefficient (Wildman–Crippen LogP) is 4.08. The fourth-order valence-electron chi connectivity index (χ4n) is 2.83. The molecule has 0 spiro atoms. The Morgan fingerprint density at radius 3 is 2.44 bits per heavy atom. The molecule has 1 N–H and O–H groups in total. The quantitative estimate of drug-likeness (QED) is 0.676. The van der Waals surface area contributed by atoms with Crippen LogP contribution in [0.25, 0.3) is 0 Å². The van der Waals surface area contributed by atoms with Gasteiger partial charge in [0.2, 0.25) is 0 Å². The first-order valence-electron chi connectivity index (χ1n) is 6.91. The zero-order valence-corrected chi connectivity index (χ0v) is 12.2. The molecule has 1 aliphatic rings. The van der Waals surface area contributed by atoms with E-state index in [0.717, 1.165) is 0 Å². The molecule has 0 aliphatic heterocycles. The molecule has 0 saturated heterocycles. The van der Waals surface area contributed by atoms with Crippen LogP contribution in [0.1, 0.15) is 58.8 Å². The maximum absolute atomic E-state index is 3.68. The Labute approximate surface area is 106 Å². The van der Waals surface area contributed by atoms with Gasteiger partial charge in [-0.3, -0.25) is 0 Å². The van der Waals surface area contributed by atoms with Gasteiger partial charge in [0.05, 0.1) is 0 Å². The summed E-state index contributed by atoms with van der Waals surface area (Å²) in [5.74, 6) is 1.34. The number of thioether (sulfide) groups is 1. The van der Waals surface area contributed by atoms with Crippen molar-refractivity contribution in [1.82, 2.24) is 5.32 Å². The van der Waals surface area contributed by atoms with E-state index in [1.807, 2.05) is 11.8 Å². The normalized spacial score (nSPS) is 20.2. The summed E-state index contributed by atoms with van der Waals surface area (Å²) >= 11 is 1.99. The molecule has 0 aromatic heterocycles. The summed E-state index contributed by atoms with van der Waals surface area (Å²) in [7, 11) is 0. The largest absolute Gasteiger partial charge is 0.314 e. The van der Waals surface area contributed by atoms with Crippen molar-refractivity contribution in [3.05, 3.63) is 0 Å². The maximum Gasteiger partial charge on any atom is 0.00106 e. The van der Waals surface area contributed by atoms with Crippen molar-refractivity contribution >= 4 is 11.8 Å². The van der Waals surface area contributed by atoms with E-state index in [-0.39, 0.29) is 0 Å². The number of hydrogen-bond donors (Lipinski definition) is 1. The van der Waals surface area contributed by atoms with Crippen LogP contribution in [-0.4, -0.2) is 24.6 Å². The average molecular weight is 243 g/mol. The smallest absolute Gasteiger partial charge is 0.00106 e. The van der Waals surface area contributed by atoms with E-state index < -0.39 is 0 Å². The molecule has 0 atom stereocenters. The van der Waals surface area contributed by atoms with E-state index in [9.17, 15) is 0 Å². The molecule has 0 bridgehead atoms. The summed E-state index contributed by atoms with van der Waals surface area (Å²) < 4.78 is 0. The summed E-state index contributed by atoms with van der Waals surface area (Å²) in [6.07, 6.45) is 12.4. The van der Waals surface area contributed by atoms with Crippen molar-refractivity contribution in [2.24, 2.45) is 5.41 Å². The Morgan fingerprint density at radius 2 is 1.88 bits per heavy atom. The highest BCUT2D eigenvalue weighted by Gasteiger charge is 2.31. The first-order valence-corrected chi connectivity index (χ1v) is 8.30. The second-order valence-corrected chi connectivity index (χ2v) is 6.68. The molecule has 1 rings (SSSR count). The zero-order valence-electron chi connectivity index (χ0n) is 11.3. The molecule has 1 aliphatic carbocycles. The Kier molecular flexibility index (Phi) is 6.83. The van der Waals surface area contributed by atoms with Gasteiger partial charge in [-0.05, 0) is 43.1 Å². The zero-order chi connectivity index (χ0) is 11.9. The van der Waals surface area contributed by atoms with E-state index in [1.54, 1.807) is 0 Å². The second-order valence-electron chi connectivity index (χ2n) is 5.69. The third-order valence-corrected chi connectivity index (χ3v) is 4.55. The molecule has 0 amide bonds. The van der Waals surface area contributed by atoms with Crippen molar-refractivity contribution in [2.45, 2.75) is 64.8 Å². The summed E-state index contributed by atoms with van der Waals surface area (Å²) in [5.41, 5.74) is 0.637. The van der Waals surface area contributed by atoms with Gasteiger partial charge in [0, 0.05) is 12.6 Å². The van der Waals surface area contributed by atoms with Gasteiger partial charge in [-0.2, -0.15) is 11.8 Å². The molecule has 0 aromatic rings. The molecule has 2 heteroatoms. The van der Waals surface area contributed by atoms with E-state index in [4.69, 9.17) is 0 Å². The summed E-state index contributed by atoms with van der Waals surface area (Å²) in [4.78, 5) is 0. The first kappa shape index (κ1) is 14.4. The van der Waals surface area contributed by atoms with E-state index in [1.165, 1.54) is 57.2 Å². The molecule has 16 heavy (non-hydrogen) atoms. The first-order chi connectivity index (χ1) is 7.68. The molecule has 96 valence electrons. The topological polar surface area (TPSA) is 12.0 Å². The molecular weight excluding hydrogens is 214 g/mol. The van der Waals surface area contributed by atoms with Crippen molar-refractivity contribution in [2.75, 3.05) is 18.6 Å². The van der Waals surface area contributed by atoms with E-state index >= 15 is 0 Å². The van der Waals surface area contributed by atoms with Gasteiger partial charge in [0.1, 0.15) is 0 Å².